The molecule has 0 aromatic carbocycles. The zero-order valence-electron chi connectivity index (χ0n) is 11.0. The molecule has 0 saturated heterocycles. The van der Waals surface area contributed by atoms with Crippen LogP contribution in [0.2, 0.25) is 0 Å². The molecule has 2 heteroatoms. The Hall–Kier alpha value is -0.0800. The highest BCUT2D eigenvalue weighted by Crippen LogP contribution is 2.07. The fourth-order valence-corrected chi connectivity index (χ4v) is 1.92. The van der Waals surface area contributed by atoms with Crippen molar-refractivity contribution >= 4 is 0 Å². The standard InChI is InChI=1S/C13H29NO/c1-5-6-7-8-9-10-12(2)14-13(3)11-15-4/h12-14H,5-11H2,1-4H3/t12-,13-/m0/s1. The van der Waals surface area contributed by atoms with Gasteiger partial charge in [0.25, 0.3) is 0 Å². The van der Waals surface area contributed by atoms with Crippen LogP contribution < -0.4 is 5.32 Å². The summed E-state index contributed by atoms with van der Waals surface area (Å²) in [5.74, 6) is 0. The van der Waals surface area contributed by atoms with Crippen molar-refractivity contribution in [2.45, 2.75) is 71.4 Å². The smallest absolute Gasteiger partial charge is 0.0613 e. The molecule has 2 atom stereocenters. The van der Waals surface area contributed by atoms with E-state index in [-0.39, 0.29) is 0 Å². The minimum Gasteiger partial charge on any atom is -0.383 e. The summed E-state index contributed by atoms with van der Waals surface area (Å²) < 4.78 is 5.10. The largest absolute Gasteiger partial charge is 0.383 e. The summed E-state index contributed by atoms with van der Waals surface area (Å²) in [6, 6.07) is 1.09. The Kier molecular flexibility index (Phi) is 10.4. The molecule has 0 aliphatic heterocycles. The molecule has 2 nitrogen and oxygen atoms in total. The quantitative estimate of drug-likeness (QED) is 0.564. The Morgan fingerprint density at radius 2 is 1.67 bits per heavy atom. The molecule has 1 N–H and O–H groups in total. The fraction of sp³-hybridized carbons (Fsp3) is 1.00. The Labute approximate surface area is 95.8 Å². The number of methoxy groups -OCH3 is 1. The van der Waals surface area contributed by atoms with E-state index in [9.17, 15) is 0 Å². The van der Waals surface area contributed by atoms with E-state index in [1.54, 1.807) is 7.11 Å². The van der Waals surface area contributed by atoms with Gasteiger partial charge in [0.15, 0.2) is 0 Å². The van der Waals surface area contributed by atoms with Crippen LogP contribution >= 0.6 is 0 Å². The monoisotopic (exact) mass is 215 g/mol. The molecule has 0 heterocycles. The second-order valence-electron chi connectivity index (χ2n) is 4.63. The minimum absolute atomic E-state index is 0.473. The lowest BCUT2D eigenvalue weighted by atomic mass is 10.1. The van der Waals surface area contributed by atoms with Crippen molar-refractivity contribution in [3.63, 3.8) is 0 Å². The molecule has 15 heavy (non-hydrogen) atoms. The van der Waals surface area contributed by atoms with E-state index >= 15 is 0 Å². The number of hydrogen-bond donors (Lipinski definition) is 1. The summed E-state index contributed by atoms with van der Waals surface area (Å²) in [6.07, 6.45) is 8.15. The van der Waals surface area contributed by atoms with Crippen molar-refractivity contribution in [2.24, 2.45) is 0 Å². The van der Waals surface area contributed by atoms with E-state index in [0.717, 1.165) is 6.61 Å². The molecular formula is C13H29NO. The normalized spacial score (nSPS) is 15.2. The summed E-state index contributed by atoms with van der Waals surface area (Å²) in [4.78, 5) is 0. The van der Waals surface area contributed by atoms with Crippen LogP contribution in [0.3, 0.4) is 0 Å². The van der Waals surface area contributed by atoms with E-state index in [4.69, 9.17) is 4.74 Å². The zero-order valence-corrected chi connectivity index (χ0v) is 11.0. The molecule has 0 aromatic rings. The number of rotatable bonds is 10. The first kappa shape index (κ1) is 14.9. The van der Waals surface area contributed by atoms with Gasteiger partial charge in [-0.1, -0.05) is 39.0 Å². The first-order valence-corrected chi connectivity index (χ1v) is 6.45. The van der Waals surface area contributed by atoms with Crippen molar-refractivity contribution in [1.82, 2.24) is 5.32 Å². The summed E-state index contributed by atoms with van der Waals surface area (Å²) in [6.45, 7) is 7.51. The van der Waals surface area contributed by atoms with Crippen molar-refractivity contribution in [3.8, 4) is 0 Å². The van der Waals surface area contributed by atoms with Crippen LogP contribution in [-0.4, -0.2) is 25.8 Å². The summed E-state index contributed by atoms with van der Waals surface area (Å²) in [5.41, 5.74) is 0. The number of ether oxygens (including phenoxy) is 1. The van der Waals surface area contributed by atoms with Crippen molar-refractivity contribution in [3.05, 3.63) is 0 Å². The lowest BCUT2D eigenvalue weighted by Gasteiger charge is -2.19. The summed E-state index contributed by atoms with van der Waals surface area (Å²) in [5, 5.41) is 3.55. The Bertz CT molecular complexity index is 128. The number of nitrogens with one attached hydrogen (secondary N) is 1. The molecule has 0 amide bonds. The molecule has 92 valence electrons. The molecule has 0 saturated carbocycles. The average Bonchev–Trinajstić information content (AvgIpc) is 2.17. The number of unbranched alkanes of at least 4 members (excludes halogenated alkanes) is 4. The van der Waals surface area contributed by atoms with Gasteiger partial charge in [0.1, 0.15) is 0 Å². The second kappa shape index (κ2) is 10.4. The predicted molar refractivity (Wildman–Crippen MR) is 67.3 cm³/mol. The Morgan fingerprint density at radius 1 is 1.00 bits per heavy atom. The molecule has 0 aliphatic rings. The lowest BCUT2D eigenvalue weighted by molar-refractivity contribution is 0.166. The van der Waals surface area contributed by atoms with Gasteiger partial charge in [-0.15, -0.1) is 0 Å². The van der Waals surface area contributed by atoms with Gasteiger partial charge in [-0.3, -0.25) is 0 Å². The van der Waals surface area contributed by atoms with Gasteiger partial charge in [-0.25, -0.2) is 0 Å². The molecule has 0 fully saturated rings. The summed E-state index contributed by atoms with van der Waals surface area (Å²) >= 11 is 0. The maximum Gasteiger partial charge on any atom is 0.0613 e. The van der Waals surface area contributed by atoms with Gasteiger partial charge in [0.2, 0.25) is 0 Å². The third-order valence-corrected chi connectivity index (χ3v) is 2.73. The van der Waals surface area contributed by atoms with E-state index < -0.39 is 0 Å². The van der Waals surface area contributed by atoms with Crippen LogP contribution in [0.1, 0.15) is 59.3 Å². The molecule has 0 bridgehead atoms. The van der Waals surface area contributed by atoms with Crippen LogP contribution in [0.4, 0.5) is 0 Å². The van der Waals surface area contributed by atoms with Gasteiger partial charge in [0, 0.05) is 19.2 Å². The van der Waals surface area contributed by atoms with E-state index in [1.165, 1.54) is 38.5 Å². The molecule has 0 aliphatic carbocycles. The van der Waals surface area contributed by atoms with E-state index in [1.807, 2.05) is 0 Å². The van der Waals surface area contributed by atoms with Crippen molar-refractivity contribution in [1.29, 1.82) is 0 Å². The summed E-state index contributed by atoms with van der Waals surface area (Å²) in [7, 11) is 1.76. The molecule has 0 aromatic heterocycles. The first-order chi connectivity index (χ1) is 7.20. The third kappa shape index (κ3) is 10.2. The molecule has 0 radical (unpaired) electrons. The highest BCUT2D eigenvalue weighted by Gasteiger charge is 2.06. The van der Waals surface area contributed by atoms with Crippen LogP contribution in [0, 0.1) is 0 Å². The molecule has 0 spiro atoms. The SMILES string of the molecule is CCCCCCC[C@H](C)N[C@@H](C)COC. The van der Waals surface area contributed by atoms with Crippen LogP contribution in [0.15, 0.2) is 0 Å². The lowest BCUT2D eigenvalue weighted by Crippen LogP contribution is -2.37. The molecule has 0 rings (SSSR count). The highest BCUT2D eigenvalue weighted by atomic mass is 16.5. The first-order valence-electron chi connectivity index (χ1n) is 6.45. The maximum atomic E-state index is 5.10. The van der Waals surface area contributed by atoms with Gasteiger partial charge in [0.05, 0.1) is 6.61 Å². The van der Waals surface area contributed by atoms with Crippen LogP contribution in [0.25, 0.3) is 0 Å². The van der Waals surface area contributed by atoms with Gasteiger partial charge in [-0.2, -0.15) is 0 Å². The molecular weight excluding hydrogens is 186 g/mol. The van der Waals surface area contributed by atoms with E-state index in [2.05, 4.69) is 26.1 Å². The Balaban J connectivity index is 3.28. The fourth-order valence-electron chi connectivity index (χ4n) is 1.92. The van der Waals surface area contributed by atoms with Gasteiger partial charge >= 0.3 is 0 Å². The van der Waals surface area contributed by atoms with Crippen molar-refractivity contribution < 1.29 is 4.74 Å². The Morgan fingerprint density at radius 3 is 2.27 bits per heavy atom. The predicted octanol–water partition coefficient (Wildman–Crippen LogP) is 3.36. The topological polar surface area (TPSA) is 21.3 Å². The zero-order chi connectivity index (χ0) is 11.5. The van der Waals surface area contributed by atoms with Crippen LogP contribution in [-0.2, 0) is 4.74 Å². The third-order valence-electron chi connectivity index (χ3n) is 2.73. The minimum atomic E-state index is 0.473. The second-order valence-corrected chi connectivity index (χ2v) is 4.63. The van der Waals surface area contributed by atoms with E-state index in [0.29, 0.717) is 12.1 Å². The maximum absolute atomic E-state index is 5.10. The van der Waals surface area contributed by atoms with Gasteiger partial charge < -0.3 is 10.1 Å². The average molecular weight is 215 g/mol. The highest BCUT2D eigenvalue weighted by molar-refractivity contribution is 4.66. The van der Waals surface area contributed by atoms with Crippen molar-refractivity contribution in [2.75, 3.05) is 13.7 Å². The van der Waals surface area contributed by atoms with Crippen LogP contribution in [0.5, 0.6) is 0 Å². The molecule has 0 unspecified atom stereocenters. The van der Waals surface area contributed by atoms with Gasteiger partial charge in [-0.05, 0) is 20.3 Å². The number of hydrogen-bond acceptors (Lipinski definition) is 2.